The molecule has 21 heavy (non-hydrogen) atoms. The summed E-state index contributed by atoms with van der Waals surface area (Å²) in [7, 11) is 1.26. The van der Waals surface area contributed by atoms with Crippen LogP contribution in [0, 0.1) is 0 Å². The zero-order chi connectivity index (χ0) is 15.7. The van der Waals surface area contributed by atoms with Crippen LogP contribution in [0.4, 0.5) is 13.2 Å². The van der Waals surface area contributed by atoms with Crippen molar-refractivity contribution in [2.24, 2.45) is 0 Å². The first-order valence-electron chi connectivity index (χ1n) is 5.99. The summed E-state index contributed by atoms with van der Waals surface area (Å²) in [6.45, 7) is 0. The van der Waals surface area contributed by atoms with Crippen LogP contribution in [0.1, 0.15) is 11.1 Å². The van der Waals surface area contributed by atoms with Gasteiger partial charge in [0, 0.05) is 10.0 Å². The third-order valence-corrected chi connectivity index (χ3v) is 3.64. The van der Waals surface area contributed by atoms with Crippen LogP contribution in [0.15, 0.2) is 53.0 Å². The van der Waals surface area contributed by atoms with E-state index in [1.807, 2.05) is 0 Å². The number of ether oxygens (including phenoxy) is 1. The molecule has 0 aromatic heterocycles. The molecule has 1 N–H and O–H groups in total. The lowest BCUT2D eigenvalue weighted by molar-refractivity contribution is -0.248. The predicted molar refractivity (Wildman–Crippen MR) is 76.2 cm³/mol. The van der Waals surface area contributed by atoms with Gasteiger partial charge < -0.3 is 9.84 Å². The highest BCUT2D eigenvalue weighted by Crippen LogP contribution is 2.47. The summed E-state index contributed by atoms with van der Waals surface area (Å²) in [6.07, 6.45) is -4.90. The monoisotopic (exact) mass is 360 g/mol. The van der Waals surface area contributed by atoms with Crippen LogP contribution in [0.25, 0.3) is 0 Å². The Bertz CT molecular complexity index is 643. The van der Waals surface area contributed by atoms with E-state index in [9.17, 15) is 18.3 Å². The van der Waals surface area contributed by atoms with Crippen molar-refractivity contribution in [1.29, 1.82) is 0 Å². The zero-order valence-electron chi connectivity index (χ0n) is 11.0. The Morgan fingerprint density at radius 2 is 1.71 bits per heavy atom. The molecule has 0 saturated heterocycles. The number of alkyl halides is 3. The normalized spacial score (nSPS) is 14.6. The summed E-state index contributed by atoms with van der Waals surface area (Å²) in [6, 6.07) is 11.0. The van der Waals surface area contributed by atoms with Crippen LogP contribution in [0.2, 0.25) is 0 Å². The van der Waals surface area contributed by atoms with E-state index in [2.05, 4.69) is 15.9 Å². The van der Waals surface area contributed by atoms with Crippen LogP contribution in [0.3, 0.4) is 0 Å². The molecule has 112 valence electrons. The summed E-state index contributed by atoms with van der Waals surface area (Å²) in [5, 5.41) is 10.5. The summed E-state index contributed by atoms with van der Waals surface area (Å²) in [4.78, 5) is 0. The molecule has 6 heteroatoms. The fourth-order valence-corrected chi connectivity index (χ4v) is 2.53. The molecular weight excluding hydrogens is 349 g/mol. The maximum atomic E-state index is 13.6. The first kappa shape index (κ1) is 15.9. The molecule has 0 fully saturated rings. The van der Waals surface area contributed by atoms with Gasteiger partial charge in [-0.3, -0.25) is 0 Å². The van der Waals surface area contributed by atoms with E-state index in [4.69, 9.17) is 4.74 Å². The molecule has 0 radical (unpaired) electrons. The molecule has 2 nitrogen and oxygen atoms in total. The molecule has 0 aliphatic rings. The number of para-hydroxylation sites is 1. The Labute approximate surface area is 128 Å². The average molecular weight is 361 g/mol. The van der Waals surface area contributed by atoms with Crippen molar-refractivity contribution in [1.82, 2.24) is 0 Å². The van der Waals surface area contributed by atoms with Gasteiger partial charge in [0.2, 0.25) is 5.60 Å². The second-order valence-electron chi connectivity index (χ2n) is 4.42. The van der Waals surface area contributed by atoms with Crippen LogP contribution in [0.5, 0.6) is 5.75 Å². The highest BCUT2D eigenvalue weighted by atomic mass is 79.9. The third-order valence-electron chi connectivity index (χ3n) is 3.15. The molecule has 0 saturated carbocycles. The minimum atomic E-state index is -4.90. The van der Waals surface area contributed by atoms with Gasteiger partial charge in [0.05, 0.1) is 7.11 Å². The van der Waals surface area contributed by atoms with Gasteiger partial charge in [-0.15, -0.1) is 0 Å². The lowest BCUT2D eigenvalue weighted by Crippen LogP contribution is -2.43. The SMILES string of the molecule is COc1ccccc1C(O)(c1cccc(Br)c1)C(F)(F)F. The van der Waals surface area contributed by atoms with Crippen LogP contribution in [-0.2, 0) is 5.60 Å². The summed E-state index contributed by atoms with van der Waals surface area (Å²) < 4.78 is 46.2. The van der Waals surface area contributed by atoms with Gasteiger partial charge in [0.15, 0.2) is 0 Å². The van der Waals surface area contributed by atoms with E-state index in [1.165, 1.54) is 43.5 Å². The third kappa shape index (κ3) is 2.78. The smallest absolute Gasteiger partial charge is 0.425 e. The van der Waals surface area contributed by atoms with Crippen molar-refractivity contribution in [2.75, 3.05) is 7.11 Å². The van der Waals surface area contributed by atoms with Crippen molar-refractivity contribution in [2.45, 2.75) is 11.8 Å². The van der Waals surface area contributed by atoms with E-state index in [1.54, 1.807) is 12.1 Å². The van der Waals surface area contributed by atoms with E-state index >= 15 is 0 Å². The van der Waals surface area contributed by atoms with Gasteiger partial charge in [-0.2, -0.15) is 13.2 Å². The first-order chi connectivity index (χ1) is 9.80. The summed E-state index contributed by atoms with van der Waals surface area (Å²) in [5.74, 6) is -0.0303. The molecule has 0 amide bonds. The number of hydrogen-bond donors (Lipinski definition) is 1. The molecule has 0 bridgehead atoms. The van der Waals surface area contributed by atoms with E-state index < -0.39 is 11.8 Å². The predicted octanol–water partition coefficient (Wildman–Crippen LogP) is 4.26. The Morgan fingerprint density at radius 3 is 2.29 bits per heavy atom. The van der Waals surface area contributed by atoms with Gasteiger partial charge in [0.25, 0.3) is 0 Å². The molecule has 2 rings (SSSR count). The molecule has 2 aromatic rings. The lowest BCUT2D eigenvalue weighted by Gasteiger charge is -2.32. The number of benzene rings is 2. The summed E-state index contributed by atoms with van der Waals surface area (Å²) >= 11 is 3.12. The van der Waals surface area contributed by atoms with Crippen molar-refractivity contribution >= 4 is 15.9 Å². The largest absolute Gasteiger partial charge is 0.496 e. The van der Waals surface area contributed by atoms with Crippen molar-refractivity contribution in [3.63, 3.8) is 0 Å². The van der Waals surface area contributed by atoms with Crippen LogP contribution in [-0.4, -0.2) is 18.4 Å². The number of halogens is 4. The average Bonchev–Trinajstić information content (AvgIpc) is 2.45. The van der Waals surface area contributed by atoms with E-state index in [0.717, 1.165) is 0 Å². The van der Waals surface area contributed by atoms with Gasteiger partial charge in [-0.25, -0.2) is 0 Å². The zero-order valence-corrected chi connectivity index (χ0v) is 12.6. The second kappa shape index (κ2) is 5.69. The fraction of sp³-hybridized carbons (Fsp3) is 0.200. The second-order valence-corrected chi connectivity index (χ2v) is 5.33. The quantitative estimate of drug-likeness (QED) is 0.886. The highest BCUT2D eigenvalue weighted by Gasteiger charge is 2.57. The maximum Gasteiger partial charge on any atom is 0.425 e. The highest BCUT2D eigenvalue weighted by molar-refractivity contribution is 9.10. The molecule has 1 unspecified atom stereocenters. The Kier molecular flexibility index (Phi) is 4.30. The minimum absolute atomic E-state index is 0.0303. The van der Waals surface area contributed by atoms with Crippen LogP contribution >= 0.6 is 15.9 Å². The summed E-state index contributed by atoms with van der Waals surface area (Å²) in [5.41, 5.74) is -3.78. The Hall–Kier alpha value is -1.53. The molecule has 0 heterocycles. The number of rotatable bonds is 3. The maximum absolute atomic E-state index is 13.6. The van der Waals surface area contributed by atoms with Gasteiger partial charge >= 0.3 is 6.18 Å². The number of aliphatic hydroxyl groups is 1. The van der Waals surface area contributed by atoms with Crippen molar-refractivity contribution in [3.8, 4) is 5.75 Å². The lowest BCUT2D eigenvalue weighted by atomic mass is 9.85. The van der Waals surface area contributed by atoms with Gasteiger partial charge in [-0.1, -0.05) is 46.3 Å². The molecule has 0 aliphatic heterocycles. The van der Waals surface area contributed by atoms with Crippen molar-refractivity contribution in [3.05, 3.63) is 64.1 Å². The van der Waals surface area contributed by atoms with E-state index in [-0.39, 0.29) is 16.9 Å². The van der Waals surface area contributed by atoms with Gasteiger partial charge in [0.1, 0.15) is 5.75 Å². The minimum Gasteiger partial charge on any atom is -0.496 e. The number of hydrogen-bond acceptors (Lipinski definition) is 2. The Balaban J connectivity index is 2.75. The molecule has 0 spiro atoms. The van der Waals surface area contributed by atoms with E-state index in [0.29, 0.717) is 4.47 Å². The van der Waals surface area contributed by atoms with Crippen molar-refractivity contribution < 1.29 is 23.0 Å². The molecule has 2 aromatic carbocycles. The van der Waals surface area contributed by atoms with Crippen LogP contribution < -0.4 is 4.74 Å². The topological polar surface area (TPSA) is 29.5 Å². The number of methoxy groups -OCH3 is 1. The first-order valence-corrected chi connectivity index (χ1v) is 6.78. The molecule has 0 aliphatic carbocycles. The molecule has 1 atom stereocenters. The standard InChI is InChI=1S/C15H12BrF3O2/c1-21-13-8-3-2-7-12(13)14(20,15(17,18)19)10-5-4-6-11(16)9-10/h2-9,20H,1H3. The fourth-order valence-electron chi connectivity index (χ4n) is 2.13. The Morgan fingerprint density at radius 1 is 1.05 bits per heavy atom. The molecular formula is C15H12BrF3O2. The van der Waals surface area contributed by atoms with Gasteiger partial charge in [-0.05, 0) is 23.8 Å².